The molecule has 2 saturated carbocycles. The molecule has 2 aromatic rings. The number of hydrogen-bond donors (Lipinski definition) is 3. The highest BCUT2D eigenvalue weighted by atomic mass is 19.1. The molecule has 2 fully saturated rings. The van der Waals surface area contributed by atoms with Crippen LogP contribution in [0.15, 0.2) is 71.9 Å². The van der Waals surface area contributed by atoms with Crippen molar-refractivity contribution in [1.82, 2.24) is 4.90 Å². The molecule has 6 unspecified atom stereocenters. The van der Waals surface area contributed by atoms with Gasteiger partial charge in [0.05, 0.1) is 18.2 Å². The van der Waals surface area contributed by atoms with Gasteiger partial charge in [-0.1, -0.05) is 68.0 Å². The zero-order chi connectivity index (χ0) is 39.9. The summed E-state index contributed by atoms with van der Waals surface area (Å²) in [6, 6.07) is 10.9. The Morgan fingerprint density at radius 2 is 1.75 bits per heavy atom. The first-order valence-corrected chi connectivity index (χ1v) is 21.0. The van der Waals surface area contributed by atoms with Crippen LogP contribution in [-0.2, 0) is 20.9 Å². The SMILES string of the molecule is C=CCOC12Oc3ccc(O)cc3C3C(CCCCO)C(CCCCO)C=C(C(=NOC(C)(C)C)CC1N(Cc1ccc(F)cc1)C(=O)CCC1CCCC1)C32. The normalized spacial score (nSPS) is 26.6. The fraction of sp³-hybridized carbons (Fsp3) is 0.609. The predicted molar refractivity (Wildman–Crippen MR) is 216 cm³/mol. The van der Waals surface area contributed by atoms with Crippen LogP contribution in [0.5, 0.6) is 11.5 Å². The van der Waals surface area contributed by atoms with Crippen molar-refractivity contribution in [3.05, 3.63) is 83.7 Å². The van der Waals surface area contributed by atoms with E-state index >= 15 is 0 Å². The Morgan fingerprint density at radius 3 is 2.43 bits per heavy atom. The largest absolute Gasteiger partial charge is 0.508 e. The first-order valence-electron chi connectivity index (χ1n) is 21.0. The average Bonchev–Trinajstić information content (AvgIpc) is 3.70. The number of hydrogen-bond acceptors (Lipinski definition) is 8. The van der Waals surface area contributed by atoms with E-state index in [1.807, 2.05) is 25.7 Å². The molecular weight excluding hydrogens is 712 g/mol. The number of phenolic OH excluding ortho intramolecular Hbond substituents is 1. The number of ether oxygens (including phenoxy) is 2. The van der Waals surface area contributed by atoms with E-state index in [9.17, 15) is 24.5 Å². The molecule has 0 saturated heterocycles. The number of nitrogens with zero attached hydrogens (tertiary/aromatic N) is 2. The van der Waals surface area contributed by atoms with Crippen molar-refractivity contribution in [2.24, 2.45) is 28.8 Å². The summed E-state index contributed by atoms with van der Waals surface area (Å²) in [4.78, 5) is 23.0. The molecule has 0 bridgehead atoms. The van der Waals surface area contributed by atoms with Crippen LogP contribution in [0.1, 0.15) is 121 Å². The van der Waals surface area contributed by atoms with Gasteiger partial charge < -0.3 is 34.5 Å². The van der Waals surface area contributed by atoms with E-state index in [1.54, 1.807) is 36.4 Å². The number of halogens is 1. The Kier molecular flexibility index (Phi) is 14.0. The number of fused-ring (bicyclic) bond motifs is 2. The fourth-order valence-corrected chi connectivity index (χ4v) is 9.78. The lowest BCUT2D eigenvalue weighted by molar-refractivity contribution is -0.258. The van der Waals surface area contributed by atoms with Gasteiger partial charge in [0, 0.05) is 44.1 Å². The highest BCUT2D eigenvalue weighted by Gasteiger charge is 2.65. The molecular formula is C46H63FN2O7. The van der Waals surface area contributed by atoms with E-state index in [1.165, 1.54) is 25.0 Å². The predicted octanol–water partition coefficient (Wildman–Crippen LogP) is 8.96. The molecule has 6 atom stereocenters. The zero-order valence-corrected chi connectivity index (χ0v) is 33.6. The van der Waals surface area contributed by atoms with Crippen LogP contribution in [0.25, 0.3) is 0 Å². The molecule has 10 heteroatoms. The number of amides is 1. The molecule has 1 heterocycles. The van der Waals surface area contributed by atoms with Gasteiger partial charge in [0.25, 0.3) is 0 Å². The summed E-state index contributed by atoms with van der Waals surface area (Å²) in [6.45, 7) is 10.5. The maximum Gasteiger partial charge on any atom is 0.239 e. The molecule has 306 valence electrons. The summed E-state index contributed by atoms with van der Waals surface area (Å²) in [5.74, 6) is -1.10. The third-order valence-electron chi connectivity index (χ3n) is 12.3. The van der Waals surface area contributed by atoms with E-state index < -0.39 is 23.3 Å². The van der Waals surface area contributed by atoms with Crippen molar-refractivity contribution in [3.8, 4) is 11.5 Å². The lowest BCUT2D eigenvalue weighted by Gasteiger charge is -2.60. The topological polar surface area (TPSA) is 121 Å². The van der Waals surface area contributed by atoms with Crippen LogP contribution in [0, 0.1) is 29.5 Å². The van der Waals surface area contributed by atoms with Crippen LogP contribution in [0.2, 0.25) is 0 Å². The van der Waals surface area contributed by atoms with Crippen molar-refractivity contribution in [1.29, 1.82) is 0 Å². The maximum absolute atomic E-state index is 14.9. The monoisotopic (exact) mass is 774 g/mol. The Bertz CT molecular complexity index is 1700. The standard InChI is InChI=1S/C46H63FN2O7/c1-5-26-54-46-41(49(30-32-16-19-34(47)20-17-32)42(53)23-18-31-12-6-7-13-31)29-39(48-56-45(2,3)4)37-27-33(14-8-10-24-50)36(15-9-11-25-51)43(44(37)46)38-28-35(52)21-22-40(38)55-46/h5,16-17,19-22,27-28,31,33,36,41,43-44,50-52H,1,6-15,18,23-26,29-30H2,2-4H3. The maximum atomic E-state index is 14.9. The minimum Gasteiger partial charge on any atom is -0.508 e. The van der Waals surface area contributed by atoms with Crippen molar-refractivity contribution < 1.29 is 38.8 Å². The highest BCUT2D eigenvalue weighted by Crippen LogP contribution is 2.62. The van der Waals surface area contributed by atoms with Crippen LogP contribution >= 0.6 is 0 Å². The third kappa shape index (κ3) is 9.51. The first-order chi connectivity index (χ1) is 27.0. The van der Waals surface area contributed by atoms with Crippen molar-refractivity contribution in [2.45, 2.75) is 134 Å². The lowest BCUT2D eigenvalue weighted by atomic mass is 9.55. The summed E-state index contributed by atoms with van der Waals surface area (Å²) in [5.41, 5.74) is 2.73. The molecule has 3 aliphatic carbocycles. The molecule has 0 radical (unpaired) electrons. The third-order valence-corrected chi connectivity index (χ3v) is 12.3. The number of carbonyl (C=O) groups excluding carboxylic acids is 1. The van der Waals surface area contributed by atoms with Crippen molar-refractivity contribution >= 4 is 11.6 Å². The van der Waals surface area contributed by atoms with Crippen LogP contribution in [0.3, 0.4) is 0 Å². The van der Waals surface area contributed by atoms with Gasteiger partial charge in [-0.3, -0.25) is 4.79 Å². The summed E-state index contributed by atoms with van der Waals surface area (Å²) in [7, 11) is 0. The number of allylic oxidation sites excluding steroid dienone is 1. The molecule has 3 N–H and O–H groups in total. The molecule has 1 aliphatic heterocycles. The number of aliphatic hydroxyl groups excluding tert-OH is 2. The van der Waals surface area contributed by atoms with Crippen molar-refractivity contribution in [3.63, 3.8) is 0 Å². The molecule has 9 nitrogen and oxygen atoms in total. The quantitative estimate of drug-likeness (QED) is 0.0786. The lowest BCUT2D eigenvalue weighted by Crippen LogP contribution is -2.70. The molecule has 2 aromatic carbocycles. The van der Waals surface area contributed by atoms with E-state index in [-0.39, 0.29) is 68.0 Å². The number of oxime groups is 1. The van der Waals surface area contributed by atoms with E-state index in [2.05, 4.69) is 12.7 Å². The number of phenols is 1. The molecule has 56 heavy (non-hydrogen) atoms. The number of unbranched alkanes of at least 4 members (excludes halogenated alkanes) is 2. The Morgan fingerprint density at radius 1 is 1.04 bits per heavy atom. The molecule has 0 aromatic heterocycles. The fourth-order valence-electron chi connectivity index (χ4n) is 9.78. The second-order valence-electron chi connectivity index (χ2n) is 17.3. The molecule has 0 spiro atoms. The number of benzene rings is 2. The second-order valence-corrected chi connectivity index (χ2v) is 17.3. The Hall–Kier alpha value is -3.73. The minimum absolute atomic E-state index is 0.0230. The minimum atomic E-state index is -1.40. The van der Waals surface area contributed by atoms with Gasteiger partial charge in [0.1, 0.15) is 29.0 Å². The van der Waals surface area contributed by atoms with Gasteiger partial charge in [0.2, 0.25) is 11.7 Å². The average molecular weight is 775 g/mol. The zero-order valence-electron chi connectivity index (χ0n) is 33.6. The number of aromatic hydroxyl groups is 1. The smallest absolute Gasteiger partial charge is 0.239 e. The van der Waals surface area contributed by atoms with E-state index in [4.69, 9.17) is 19.5 Å². The number of aliphatic hydroxyl groups is 2. The van der Waals surface area contributed by atoms with E-state index in [0.717, 1.165) is 67.4 Å². The summed E-state index contributed by atoms with van der Waals surface area (Å²) < 4.78 is 28.6. The summed E-state index contributed by atoms with van der Waals surface area (Å²) in [6.07, 6.45) is 14.7. The first kappa shape index (κ1) is 41.9. The van der Waals surface area contributed by atoms with Crippen LogP contribution < -0.4 is 4.74 Å². The molecule has 6 rings (SSSR count). The Labute approximate surface area is 332 Å². The number of rotatable bonds is 18. The Balaban J connectivity index is 1.57. The van der Waals surface area contributed by atoms with Gasteiger partial charge in [-0.25, -0.2) is 4.39 Å². The van der Waals surface area contributed by atoms with Crippen LogP contribution in [-0.4, -0.2) is 69.1 Å². The van der Waals surface area contributed by atoms with E-state index in [0.29, 0.717) is 30.9 Å². The highest BCUT2D eigenvalue weighted by molar-refractivity contribution is 6.03. The summed E-state index contributed by atoms with van der Waals surface area (Å²) >= 11 is 0. The molecule has 1 amide bonds. The summed E-state index contributed by atoms with van der Waals surface area (Å²) in [5, 5.41) is 35.6. The van der Waals surface area contributed by atoms with Crippen LogP contribution in [0.4, 0.5) is 4.39 Å². The molecule has 4 aliphatic rings. The van der Waals surface area contributed by atoms with Gasteiger partial charge in [0.15, 0.2) is 0 Å². The van der Waals surface area contributed by atoms with Gasteiger partial charge >= 0.3 is 0 Å². The van der Waals surface area contributed by atoms with Crippen molar-refractivity contribution in [2.75, 3.05) is 19.8 Å². The van der Waals surface area contributed by atoms with Gasteiger partial charge in [-0.15, -0.1) is 6.58 Å². The second kappa shape index (κ2) is 18.7. The number of carbonyl (C=O) groups is 1. The van der Waals surface area contributed by atoms with Gasteiger partial charge in [-0.05, 0) is 112 Å². The van der Waals surface area contributed by atoms with Gasteiger partial charge in [-0.2, -0.15) is 0 Å².